The van der Waals surface area contributed by atoms with Crippen molar-refractivity contribution in [1.29, 1.82) is 0 Å². The number of allylic oxidation sites excluding steroid dienone is 2. The van der Waals surface area contributed by atoms with E-state index in [2.05, 4.69) is 15.5 Å². The van der Waals surface area contributed by atoms with E-state index in [1.807, 2.05) is 0 Å². The van der Waals surface area contributed by atoms with Crippen LogP contribution in [-0.4, -0.2) is 62.8 Å². The molecule has 1 unspecified atom stereocenters. The number of rotatable bonds is 6. The van der Waals surface area contributed by atoms with Crippen molar-refractivity contribution in [3.8, 4) is 0 Å². The third-order valence-electron chi connectivity index (χ3n) is 4.02. The fraction of sp³-hybridized carbons (Fsp3) is 0.312. The van der Waals surface area contributed by atoms with Crippen LogP contribution < -0.4 is 11.1 Å². The maximum Gasteiger partial charge on any atom is 0.352 e. The smallest absolute Gasteiger partial charge is 0.352 e. The van der Waals surface area contributed by atoms with Crippen molar-refractivity contribution in [3.05, 3.63) is 34.5 Å². The Labute approximate surface area is 168 Å². The highest BCUT2D eigenvalue weighted by molar-refractivity contribution is 8.00. The summed E-state index contributed by atoms with van der Waals surface area (Å²) in [6, 6.07) is -0.878. The maximum atomic E-state index is 12.6. The number of carbonyl (C=O) groups is 3. The Kier molecular flexibility index (Phi) is 5.70. The molecule has 0 radical (unpaired) electrons. The summed E-state index contributed by atoms with van der Waals surface area (Å²) in [6.07, 6.45) is 3.39. The minimum atomic E-state index is -1.18. The highest BCUT2D eigenvalue weighted by Crippen LogP contribution is 2.40. The van der Waals surface area contributed by atoms with Crippen LogP contribution in [0.1, 0.15) is 12.6 Å². The van der Waals surface area contributed by atoms with Gasteiger partial charge in [-0.15, -0.1) is 23.1 Å². The summed E-state index contributed by atoms with van der Waals surface area (Å²) in [6.45, 7) is 1.77. The second kappa shape index (κ2) is 8.02. The van der Waals surface area contributed by atoms with Crippen LogP contribution in [0.5, 0.6) is 0 Å². The number of carboxylic acids is 1. The first-order chi connectivity index (χ1) is 13.4. The summed E-state index contributed by atoms with van der Waals surface area (Å²) in [5, 5.41) is 17.1. The van der Waals surface area contributed by atoms with Crippen LogP contribution in [0.3, 0.4) is 0 Å². The van der Waals surface area contributed by atoms with Gasteiger partial charge in [0, 0.05) is 11.1 Å². The van der Waals surface area contributed by atoms with Gasteiger partial charge in [0.25, 0.3) is 11.8 Å². The number of hydrogen-bond donors (Lipinski definition) is 3. The van der Waals surface area contributed by atoms with Gasteiger partial charge in [-0.25, -0.2) is 9.78 Å². The summed E-state index contributed by atoms with van der Waals surface area (Å²) in [5.74, 6) is -1.93. The second-order valence-corrected chi connectivity index (χ2v) is 7.73. The van der Waals surface area contributed by atoms with E-state index < -0.39 is 29.2 Å². The van der Waals surface area contributed by atoms with Crippen molar-refractivity contribution in [1.82, 2.24) is 15.2 Å². The number of anilines is 1. The maximum absolute atomic E-state index is 12.6. The molecule has 148 valence electrons. The molecule has 2 amide bonds. The van der Waals surface area contributed by atoms with Gasteiger partial charge in [-0.05, 0) is 12.5 Å². The average Bonchev–Trinajstić information content (AvgIpc) is 3.09. The van der Waals surface area contributed by atoms with Crippen molar-refractivity contribution >= 4 is 51.7 Å². The average molecular weight is 423 g/mol. The number of carbonyl (C=O) groups excluding carboxylic acids is 2. The number of aromatic nitrogens is 1. The molecule has 3 heterocycles. The number of β-lactam (4-membered cyclic amide) rings is 1. The van der Waals surface area contributed by atoms with E-state index in [0.717, 1.165) is 11.3 Å². The van der Waals surface area contributed by atoms with Crippen molar-refractivity contribution < 1.29 is 24.3 Å². The summed E-state index contributed by atoms with van der Waals surface area (Å²) in [5.41, 5.74) is 6.19. The van der Waals surface area contributed by atoms with Gasteiger partial charge >= 0.3 is 5.97 Å². The molecule has 4 N–H and O–H groups in total. The van der Waals surface area contributed by atoms with E-state index in [9.17, 15) is 19.5 Å². The Bertz CT molecular complexity index is 922. The van der Waals surface area contributed by atoms with E-state index in [0.29, 0.717) is 11.3 Å². The van der Waals surface area contributed by atoms with Gasteiger partial charge < -0.3 is 21.0 Å². The van der Waals surface area contributed by atoms with Crippen LogP contribution in [-0.2, 0) is 19.2 Å². The van der Waals surface area contributed by atoms with Gasteiger partial charge in [0.1, 0.15) is 29.9 Å². The number of oxime groups is 1. The Morgan fingerprint density at radius 1 is 1.54 bits per heavy atom. The highest BCUT2D eigenvalue weighted by Gasteiger charge is 2.54. The molecule has 12 heteroatoms. The Morgan fingerprint density at radius 2 is 2.29 bits per heavy atom. The number of hydrogen-bond acceptors (Lipinski definition) is 9. The standard InChI is InChI=1S/C16H17N5O5S2/c1-3-4-7-5-27-14-10(13(23)21(14)11(7)15(24)25)19-12(22)9(20-26-2)8-6-28-16(17)18-8/h3-4,6,10,14H,5H2,1-2H3,(H2,17,18)(H,19,22)(H,24,25)/b4-3+,20-9-/t10?,14-/m0/s1. The zero-order chi connectivity index (χ0) is 20.4. The first kappa shape index (κ1) is 19.9. The molecule has 28 heavy (non-hydrogen) atoms. The molecule has 0 aromatic carbocycles. The number of nitrogens with two attached hydrogens (primary N) is 1. The number of nitrogens with one attached hydrogen (secondary N) is 1. The molecule has 2 aliphatic rings. The first-order valence-electron chi connectivity index (χ1n) is 8.06. The number of amides is 2. The normalized spacial score (nSPS) is 22.1. The van der Waals surface area contributed by atoms with E-state index in [-0.39, 0.29) is 22.2 Å². The number of nitrogens with zero attached hydrogens (tertiary/aromatic N) is 3. The highest BCUT2D eigenvalue weighted by atomic mass is 32.2. The van der Waals surface area contributed by atoms with Crippen LogP contribution in [0.15, 0.2) is 34.0 Å². The third-order valence-corrected chi connectivity index (χ3v) is 5.99. The van der Waals surface area contributed by atoms with Crippen molar-refractivity contribution in [2.75, 3.05) is 18.6 Å². The van der Waals surface area contributed by atoms with Crippen LogP contribution in [0.4, 0.5) is 5.13 Å². The predicted molar refractivity (Wildman–Crippen MR) is 105 cm³/mol. The molecule has 3 rings (SSSR count). The summed E-state index contributed by atoms with van der Waals surface area (Å²) in [7, 11) is 1.28. The SMILES string of the molecule is C/C=C/C1=C(C(=O)O)N2C(=O)C(NC(=O)/C(=N\OC)c3csc(N)n3)[C@@H]2SC1. The minimum absolute atomic E-state index is 0.0598. The van der Waals surface area contributed by atoms with E-state index in [1.165, 1.54) is 23.8 Å². The molecule has 1 aromatic rings. The lowest BCUT2D eigenvalue weighted by atomic mass is 10.0. The molecule has 0 aliphatic carbocycles. The lowest BCUT2D eigenvalue weighted by molar-refractivity contribution is -0.150. The third kappa shape index (κ3) is 3.47. The van der Waals surface area contributed by atoms with Crippen LogP contribution in [0.2, 0.25) is 0 Å². The Balaban J connectivity index is 1.80. The van der Waals surface area contributed by atoms with E-state index >= 15 is 0 Å². The number of thiazole rings is 1. The van der Waals surface area contributed by atoms with Crippen LogP contribution in [0.25, 0.3) is 0 Å². The topological polar surface area (TPSA) is 147 Å². The van der Waals surface area contributed by atoms with Gasteiger partial charge in [-0.1, -0.05) is 17.3 Å². The molecular formula is C16H17N5O5S2. The Morgan fingerprint density at radius 3 is 2.86 bits per heavy atom. The number of carboxylic acid groups (broad SMARTS) is 1. The second-order valence-electron chi connectivity index (χ2n) is 5.73. The molecular weight excluding hydrogens is 406 g/mol. The zero-order valence-electron chi connectivity index (χ0n) is 14.9. The van der Waals surface area contributed by atoms with Crippen LogP contribution >= 0.6 is 23.1 Å². The predicted octanol–water partition coefficient (Wildman–Crippen LogP) is 0.391. The van der Waals surface area contributed by atoms with Gasteiger partial charge in [0.2, 0.25) is 0 Å². The Hall–Kier alpha value is -2.86. The first-order valence-corrected chi connectivity index (χ1v) is 9.99. The van der Waals surface area contributed by atoms with Gasteiger partial charge in [-0.3, -0.25) is 14.5 Å². The van der Waals surface area contributed by atoms with Crippen molar-refractivity contribution in [3.63, 3.8) is 0 Å². The van der Waals surface area contributed by atoms with Gasteiger partial charge in [0.05, 0.1) is 0 Å². The quantitative estimate of drug-likeness (QED) is 0.338. The van der Waals surface area contributed by atoms with Crippen molar-refractivity contribution in [2.45, 2.75) is 18.3 Å². The van der Waals surface area contributed by atoms with E-state index in [4.69, 9.17) is 10.6 Å². The van der Waals surface area contributed by atoms with Gasteiger partial charge in [-0.2, -0.15) is 0 Å². The molecule has 0 spiro atoms. The van der Waals surface area contributed by atoms with E-state index in [1.54, 1.807) is 24.5 Å². The monoisotopic (exact) mass is 423 g/mol. The minimum Gasteiger partial charge on any atom is -0.477 e. The molecule has 1 fully saturated rings. The molecule has 10 nitrogen and oxygen atoms in total. The largest absolute Gasteiger partial charge is 0.477 e. The lowest BCUT2D eigenvalue weighted by Gasteiger charge is -2.49. The number of fused-ring (bicyclic) bond motifs is 1. The zero-order valence-corrected chi connectivity index (χ0v) is 16.5. The molecule has 1 saturated heterocycles. The molecule has 0 bridgehead atoms. The number of aliphatic carboxylic acids is 1. The summed E-state index contributed by atoms with van der Waals surface area (Å²) < 4.78 is 0. The fourth-order valence-corrected chi connectivity index (χ4v) is 4.74. The van der Waals surface area contributed by atoms with Gasteiger partial charge in [0.15, 0.2) is 10.8 Å². The molecule has 2 aliphatic heterocycles. The molecule has 2 atom stereocenters. The van der Waals surface area contributed by atoms with Crippen LogP contribution in [0, 0.1) is 0 Å². The molecule has 0 saturated carbocycles. The fourth-order valence-electron chi connectivity index (χ4n) is 2.87. The lowest BCUT2D eigenvalue weighted by Crippen LogP contribution is -2.71. The summed E-state index contributed by atoms with van der Waals surface area (Å²) in [4.78, 5) is 46.8. The summed E-state index contributed by atoms with van der Waals surface area (Å²) >= 11 is 2.51. The van der Waals surface area contributed by atoms with Crippen molar-refractivity contribution in [2.24, 2.45) is 5.16 Å². The molecule has 1 aromatic heterocycles. The number of nitrogen functional groups attached to an aromatic ring is 1. The number of thioether (sulfide) groups is 1.